The van der Waals surface area contributed by atoms with E-state index in [4.69, 9.17) is 5.73 Å². The Kier molecular flexibility index (Phi) is 2.02. The van der Waals surface area contributed by atoms with Crippen molar-refractivity contribution in [1.82, 2.24) is 0 Å². The van der Waals surface area contributed by atoms with Crippen molar-refractivity contribution in [1.29, 1.82) is 0 Å². The van der Waals surface area contributed by atoms with Gasteiger partial charge in [-0.25, -0.2) is 0 Å². The number of anilines is 2. The van der Waals surface area contributed by atoms with E-state index in [0.717, 1.165) is 17.5 Å². The van der Waals surface area contributed by atoms with E-state index in [0.29, 0.717) is 17.5 Å². The van der Waals surface area contributed by atoms with Crippen LogP contribution in [-0.4, -0.2) is 5.91 Å². The zero-order valence-corrected chi connectivity index (χ0v) is 10.3. The summed E-state index contributed by atoms with van der Waals surface area (Å²) in [6.07, 6.45) is 4.08. The molecule has 1 aromatic rings. The van der Waals surface area contributed by atoms with Gasteiger partial charge in [-0.1, -0.05) is 12.1 Å². The van der Waals surface area contributed by atoms with Gasteiger partial charge < -0.3 is 11.1 Å². The molecule has 94 valence electrons. The molecule has 3 N–H and O–H groups in total. The second kappa shape index (κ2) is 3.50. The van der Waals surface area contributed by atoms with Crippen molar-refractivity contribution in [3.05, 3.63) is 24.3 Å². The van der Waals surface area contributed by atoms with Crippen molar-refractivity contribution < 1.29 is 4.79 Å². The lowest BCUT2D eigenvalue weighted by atomic mass is 10.0. The Balaban J connectivity index is 1.48. The Hall–Kier alpha value is -1.51. The van der Waals surface area contributed by atoms with Gasteiger partial charge in [-0.2, -0.15) is 0 Å². The first-order valence-electron chi connectivity index (χ1n) is 6.91. The molecule has 0 saturated heterocycles. The number of carbonyl (C=O) groups is 1. The number of carbonyl (C=O) groups excluding carboxylic acids is 1. The maximum absolute atomic E-state index is 12.3. The van der Waals surface area contributed by atoms with E-state index in [-0.39, 0.29) is 11.8 Å². The highest BCUT2D eigenvalue weighted by Crippen LogP contribution is 2.69. The average molecular weight is 242 g/mol. The summed E-state index contributed by atoms with van der Waals surface area (Å²) in [5.74, 6) is 3.52. The molecule has 3 aliphatic carbocycles. The van der Waals surface area contributed by atoms with E-state index < -0.39 is 0 Å². The molecule has 0 heterocycles. The Morgan fingerprint density at radius 3 is 2.50 bits per heavy atom. The minimum Gasteiger partial charge on any atom is -0.397 e. The van der Waals surface area contributed by atoms with E-state index in [1.54, 1.807) is 0 Å². The highest BCUT2D eigenvalue weighted by atomic mass is 16.2. The molecule has 1 amide bonds. The molecule has 4 unspecified atom stereocenters. The van der Waals surface area contributed by atoms with Crippen molar-refractivity contribution in [3.63, 3.8) is 0 Å². The van der Waals surface area contributed by atoms with Gasteiger partial charge in [0.2, 0.25) is 5.91 Å². The molecule has 2 bridgehead atoms. The van der Waals surface area contributed by atoms with E-state index in [2.05, 4.69) is 5.32 Å². The Morgan fingerprint density at radius 2 is 1.83 bits per heavy atom. The highest BCUT2D eigenvalue weighted by molar-refractivity contribution is 5.97. The third-order valence-corrected chi connectivity index (χ3v) is 5.26. The van der Waals surface area contributed by atoms with Crippen LogP contribution >= 0.6 is 0 Å². The summed E-state index contributed by atoms with van der Waals surface area (Å²) >= 11 is 0. The first kappa shape index (κ1) is 10.4. The van der Waals surface area contributed by atoms with Crippen molar-refractivity contribution in [2.24, 2.45) is 29.6 Å². The summed E-state index contributed by atoms with van der Waals surface area (Å²) in [5, 5.41) is 3.01. The molecule has 3 nitrogen and oxygen atoms in total. The largest absolute Gasteiger partial charge is 0.397 e. The smallest absolute Gasteiger partial charge is 0.228 e. The van der Waals surface area contributed by atoms with Crippen molar-refractivity contribution >= 4 is 17.3 Å². The topological polar surface area (TPSA) is 55.1 Å². The van der Waals surface area contributed by atoms with Gasteiger partial charge in [0.1, 0.15) is 0 Å². The van der Waals surface area contributed by atoms with Gasteiger partial charge in [0.15, 0.2) is 0 Å². The molecule has 4 rings (SSSR count). The minimum atomic E-state index is 0.194. The van der Waals surface area contributed by atoms with Crippen LogP contribution in [0.3, 0.4) is 0 Å². The van der Waals surface area contributed by atoms with Crippen LogP contribution in [0.2, 0.25) is 0 Å². The molecule has 0 aliphatic heterocycles. The molecule has 0 aromatic heterocycles. The van der Waals surface area contributed by atoms with Crippen molar-refractivity contribution in [2.75, 3.05) is 11.1 Å². The summed E-state index contributed by atoms with van der Waals surface area (Å²) in [7, 11) is 0. The second-order valence-electron chi connectivity index (χ2n) is 6.09. The third-order valence-electron chi connectivity index (χ3n) is 5.26. The third kappa shape index (κ3) is 1.33. The fraction of sp³-hybridized carbons (Fsp3) is 0.533. The van der Waals surface area contributed by atoms with Gasteiger partial charge in [-0.3, -0.25) is 4.79 Å². The molecule has 4 atom stereocenters. The number of nitrogen functional groups attached to an aromatic ring is 1. The molecule has 0 spiro atoms. The molecule has 3 fully saturated rings. The standard InChI is InChI=1S/C15H18N2O/c16-10-3-1-2-4-11(10)17-15(18)14-12-8-5-6-9(7-8)13(12)14/h1-4,8-9,12-14H,5-7,16H2,(H,17,18). The van der Waals surface area contributed by atoms with Crippen LogP contribution in [0.15, 0.2) is 24.3 Å². The van der Waals surface area contributed by atoms with Crippen molar-refractivity contribution in [3.8, 4) is 0 Å². The molecule has 3 heteroatoms. The lowest BCUT2D eigenvalue weighted by Gasteiger charge is -2.11. The number of nitrogens with two attached hydrogens (primary N) is 1. The first-order valence-corrected chi connectivity index (χ1v) is 6.91. The number of nitrogens with one attached hydrogen (secondary N) is 1. The lowest BCUT2D eigenvalue weighted by Crippen LogP contribution is -2.19. The quantitative estimate of drug-likeness (QED) is 0.783. The SMILES string of the molecule is Nc1ccccc1NC(=O)C1C2C3CCC(C3)C12. The summed E-state index contributed by atoms with van der Waals surface area (Å²) < 4.78 is 0. The molecule has 3 saturated carbocycles. The predicted octanol–water partition coefficient (Wildman–Crippen LogP) is 2.50. The fourth-order valence-corrected chi connectivity index (χ4v) is 4.50. The Morgan fingerprint density at radius 1 is 1.17 bits per heavy atom. The first-order chi connectivity index (χ1) is 8.75. The van der Waals surface area contributed by atoms with Crippen LogP contribution in [-0.2, 0) is 4.79 Å². The predicted molar refractivity (Wildman–Crippen MR) is 70.8 cm³/mol. The average Bonchev–Trinajstić information content (AvgIpc) is 2.82. The zero-order chi connectivity index (χ0) is 12.3. The normalized spacial score (nSPS) is 39.4. The molecular weight excluding hydrogens is 224 g/mol. The van der Waals surface area contributed by atoms with Gasteiger partial charge in [0.25, 0.3) is 0 Å². The number of hydrogen-bond acceptors (Lipinski definition) is 2. The van der Waals surface area contributed by atoms with Crippen LogP contribution in [0.25, 0.3) is 0 Å². The van der Waals surface area contributed by atoms with Gasteiger partial charge in [-0.05, 0) is 55.1 Å². The van der Waals surface area contributed by atoms with E-state index >= 15 is 0 Å². The van der Waals surface area contributed by atoms with Gasteiger partial charge in [0.05, 0.1) is 11.4 Å². The zero-order valence-electron chi connectivity index (χ0n) is 10.3. The molecule has 18 heavy (non-hydrogen) atoms. The summed E-state index contributed by atoms with van der Waals surface area (Å²) in [5.41, 5.74) is 7.27. The highest BCUT2D eigenvalue weighted by Gasteiger charge is 2.67. The summed E-state index contributed by atoms with van der Waals surface area (Å²) in [6, 6.07) is 7.49. The van der Waals surface area contributed by atoms with E-state index in [1.165, 1.54) is 19.3 Å². The van der Waals surface area contributed by atoms with Crippen LogP contribution in [0.4, 0.5) is 11.4 Å². The van der Waals surface area contributed by atoms with Crippen LogP contribution in [0, 0.1) is 29.6 Å². The van der Waals surface area contributed by atoms with Crippen LogP contribution in [0.1, 0.15) is 19.3 Å². The molecule has 1 aromatic carbocycles. The number of para-hydroxylation sites is 2. The number of fused-ring (bicyclic) bond motifs is 5. The fourth-order valence-electron chi connectivity index (χ4n) is 4.50. The maximum Gasteiger partial charge on any atom is 0.228 e. The molecule has 0 radical (unpaired) electrons. The lowest BCUT2D eigenvalue weighted by molar-refractivity contribution is -0.118. The number of hydrogen-bond donors (Lipinski definition) is 2. The number of amides is 1. The van der Waals surface area contributed by atoms with Crippen LogP contribution in [0.5, 0.6) is 0 Å². The minimum absolute atomic E-state index is 0.194. The van der Waals surface area contributed by atoms with E-state index in [9.17, 15) is 4.79 Å². The summed E-state index contributed by atoms with van der Waals surface area (Å²) in [6.45, 7) is 0. The second-order valence-corrected chi connectivity index (χ2v) is 6.09. The molecular formula is C15H18N2O. The van der Waals surface area contributed by atoms with Crippen molar-refractivity contribution in [2.45, 2.75) is 19.3 Å². The van der Waals surface area contributed by atoms with Gasteiger partial charge >= 0.3 is 0 Å². The number of benzene rings is 1. The Labute approximate surface area is 107 Å². The monoisotopic (exact) mass is 242 g/mol. The maximum atomic E-state index is 12.3. The number of rotatable bonds is 2. The summed E-state index contributed by atoms with van der Waals surface area (Å²) in [4.78, 5) is 12.3. The van der Waals surface area contributed by atoms with Gasteiger partial charge in [0, 0.05) is 5.92 Å². The Bertz CT molecular complexity index is 497. The van der Waals surface area contributed by atoms with Gasteiger partial charge in [-0.15, -0.1) is 0 Å². The molecule has 3 aliphatic rings. The van der Waals surface area contributed by atoms with Crippen LogP contribution < -0.4 is 11.1 Å². The van der Waals surface area contributed by atoms with E-state index in [1.807, 2.05) is 24.3 Å².